The number of rotatable bonds is 0. The predicted molar refractivity (Wildman–Crippen MR) is 33.3 cm³/mol. The van der Waals surface area contributed by atoms with E-state index in [1.807, 2.05) is 0 Å². The Morgan fingerprint density at radius 3 is 1.75 bits per heavy atom. The van der Waals surface area contributed by atoms with Crippen molar-refractivity contribution in [3.05, 3.63) is 30.3 Å². The Bertz CT molecular complexity index is 138. The van der Waals surface area contributed by atoms with Crippen LogP contribution in [0.1, 0.15) is 0 Å². The van der Waals surface area contributed by atoms with Crippen molar-refractivity contribution in [3.8, 4) is 0 Å². The summed E-state index contributed by atoms with van der Waals surface area (Å²) in [7, 11) is 0. The molecule has 0 spiro atoms. The molecule has 0 saturated heterocycles. The second kappa shape index (κ2) is 4.34. The summed E-state index contributed by atoms with van der Waals surface area (Å²) in [5, 5.41) is 0. The Balaban J connectivity index is 0.000000490. The molecule has 0 aliphatic rings. The van der Waals surface area contributed by atoms with E-state index < -0.39 is 0 Å². The van der Waals surface area contributed by atoms with Gasteiger partial charge in [-0.05, 0) is 0 Å². The van der Waals surface area contributed by atoms with Gasteiger partial charge in [0.25, 0.3) is 0 Å². The van der Waals surface area contributed by atoms with E-state index in [1.54, 1.807) is 0 Å². The first kappa shape index (κ1) is 8.45. The second-order valence-electron chi connectivity index (χ2n) is 1.49. The Labute approximate surface area is 71.7 Å². The minimum absolute atomic E-state index is 0. The van der Waals surface area contributed by atoms with Crippen molar-refractivity contribution in [2.45, 2.75) is 0 Å². The standard InChI is InChI=1S/C6H5.ClH.Hg/c1-2-4-6-5-3-1;;/h1-5H;1H;. The van der Waals surface area contributed by atoms with Gasteiger partial charge in [-0.2, -0.15) is 0 Å². The number of benzene rings is 1. The quantitative estimate of drug-likeness (QED) is 0.633. The molecule has 2 heteroatoms. The van der Waals surface area contributed by atoms with Gasteiger partial charge in [0.2, 0.25) is 0 Å². The van der Waals surface area contributed by atoms with Crippen LogP contribution in [-0.4, -0.2) is 0 Å². The van der Waals surface area contributed by atoms with Crippen molar-refractivity contribution in [2.24, 2.45) is 0 Å². The maximum absolute atomic E-state index is 2.17. The van der Waals surface area contributed by atoms with Crippen molar-refractivity contribution < 1.29 is 26.1 Å². The molecule has 0 aliphatic heterocycles. The van der Waals surface area contributed by atoms with Crippen molar-refractivity contribution in [1.82, 2.24) is 0 Å². The molecule has 0 fully saturated rings. The first-order valence-corrected chi connectivity index (χ1v) is 5.01. The molecule has 0 saturated carbocycles. The van der Waals surface area contributed by atoms with E-state index in [1.165, 1.54) is 3.07 Å². The van der Waals surface area contributed by atoms with Crippen LogP contribution < -0.4 is 3.07 Å². The molecule has 0 nitrogen and oxygen atoms in total. The fourth-order valence-corrected chi connectivity index (χ4v) is 1.54. The first-order valence-electron chi connectivity index (χ1n) is 2.26. The normalized spacial score (nSPS) is 7.75. The average molecular weight is 314 g/mol. The maximum atomic E-state index is 2.17. The van der Waals surface area contributed by atoms with E-state index in [9.17, 15) is 0 Å². The minimum atomic E-state index is 0. The number of hydrogen-bond donors (Lipinski definition) is 0. The summed E-state index contributed by atoms with van der Waals surface area (Å²) in [6, 6.07) is 10.6. The molecular formula is C6H6ClHg. The molecule has 1 rings (SSSR count). The molecule has 0 radical (unpaired) electrons. The Kier molecular flexibility index (Phi) is 4.58. The molecule has 0 amide bonds. The first-order chi connectivity index (χ1) is 3.39. The van der Waals surface area contributed by atoms with Gasteiger partial charge in [-0.1, -0.05) is 0 Å². The van der Waals surface area contributed by atoms with Crippen molar-refractivity contribution in [3.63, 3.8) is 0 Å². The Hall–Kier alpha value is 0.445. The Morgan fingerprint density at radius 1 is 1.00 bits per heavy atom. The zero-order valence-corrected chi connectivity index (χ0v) is 10.8. The summed E-state index contributed by atoms with van der Waals surface area (Å²) in [6.45, 7) is 0. The van der Waals surface area contributed by atoms with Gasteiger partial charge in [0, 0.05) is 0 Å². The van der Waals surface area contributed by atoms with Gasteiger partial charge in [0.05, 0.1) is 0 Å². The van der Waals surface area contributed by atoms with Crippen LogP contribution >= 0.6 is 12.4 Å². The van der Waals surface area contributed by atoms with E-state index in [4.69, 9.17) is 0 Å². The molecule has 0 unspecified atom stereocenters. The topological polar surface area (TPSA) is 0 Å². The van der Waals surface area contributed by atoms with Gasteiger partial charge in [-0.15, -0.1) is 12.4 Å². The number of halogens is 1. The third-order valence-electron chi connectivity index (χ3n) is 0.843. The number of hydrogen-bond acceptors (Lipinski definition) is 0. The summed E-state index contributed by atoms with van der Waals surface area (Å²) in [5.74, 6) is 0. The summed E-state index contributed by atoms with van der Waals surface area (Å²) in [5.41, 5.74) is 0. The van der Waals surface area contributed by atoms with Crippen LogP contribution in [0.4, 0.5) is 0 Å². The van der Waals surface area contributed by atoms with Crippen LogP contribution in [0.2, 0.25) is 0 Å². The van der Waals surface area contributed by atoms with Crippen LogP contribution in [0.5, 0.6) is 0 Å². The fourth-order valence-electron chi connectivity index (χ4n) is 0.478. The molecule has 39 valence electrons. The third-order valence-corrected chi connectivity index (χ3v) is 2.68. The molecule has 0 heterocycles. The van der Waals surface area contributed by atoms with Gasteiger partial charge in [0.15, 0.2) is 0 Å². The molecule has 8 heavy (non-hydrogen) atoms. The summed E-state index contributed by atoms with van der Waals surface area (Å²) >= 11 is 0.810. The SMILES string of the molecule is Cl.[Hg][c]1ccccc1. The fraction of sp³-hybridized carbons (Fsp3) is 0. The molecular weight excluding hydrogens is 308 g/mol. The molecule has 1 aromatic carbocycles. The zero-order chi connectivity index (χ0) is 5.11. The van der Waals surface area contributed by atoms with Gasteiger partial charge in [0.1, 0.15) is 0 Å². The van der Waals surface area contributed by atoms with Crippen molar-refractivity contribution in [2.75, 3.05) is 0 Å². The molecule has 0 atom stereocenters. The molecule has 0 bridgehead atoms. The van der Waals surface area contributed by atoms with Crippen LogP contribution in [-0.2, 0) is 26.1 Å². The average Bonchev–Trinajstić information content (AvgIpc) is 1.69. The van der Waals surface area contributed by atoms with E-state index in [2.05, 4.69) is 30.3 Å². The van der Waals surface area contributed by atoms with Crippen molar-refractivity contribution in [1.29, 1.82) is 0 Å². The third kappa shape index (κ3) is 2.68. The van der Waals surface area contributed by atoms with Crippen LogP contribution in [0.3, 0.4) is 0 Å². The van der Waals surface area contributed by atoms with Crippen LogP contribution in [0, 0.1) is 0 Å². The summed E-state index contributed by atoms with van der Waals surface area (Å²) in [6.07, 6.45) is 0. The van der Waals surface area contributed by atoms with Gasteiger partial charge < -0.3 is 0 Å². The second-order valence-corrected chi connectivity index (χ2v) is 4.66. The van der Waals surface area contributed by atoms with E-state index in [0.717, 1.165) is 26.1 Å². The van der Waals surface area contributed by atoms with E-state index >= 15 is 0 Å². The predicted octanol–water partition coefficient (Wildman–Crippen LogP) is 1.28. The van der Waals surface area contributed by atoms with Gasteiger partial charge >= 0.3 is 59.5 Å². The molecule has 1 aromatic rings. The summed E-state index contributed by atoms with van der Waals surface area (Å²) in [4.78, 5) is 0. The van der Waals surface area contributed by atoms with E-state index in [-0.39, 0.29) is 12.4 Å². The van der Waals surface area contributed by atoms with Gasteiger partial charge in [-0.3, -0.25) is 0 Å². The molecule has 0 aliphatic carbocycles. The van der Waals surface area contributed by atoms with Gasteiger partial charge in [-0.25, -0.2) is 0 Å². The monoisotopic (exact) mass is 315 g/mol. The Morgan fingerprint density at radius 2 is 1.50 bits per heavy atom. The van der Waals surface area contributed by atoms with Crippen LogP contribution in [0.25, 0.3) is 0 Å². The summed E-state index contributed by atoms with van der Waals surface area (Å²) < 4.78 is 1.52. The van der Waals surface area contributed by atoms with E-state index in [0.29, 0.717) is 0 Å². The zero-order valence-electron chi connectivity index (χ0n) is 4.50. The molecule has 0 aromatic heterocycles. The molecule has 0 N–H and O–H groups in total. The van der Waals surface area contributed by atoms with Crippen molar-refractivity contribution >= 4 is 15.5 Å². The van der Waals surface area contributed by atoms with Crippen LogP contribution in [0.15, 0.2) is 30.3 Å².